The zero-order chi connectivity index (χ0) is 12.4. The zero-order valence-electron chi connectivity index (χ0n) is 11.7. The van der Waals surface area contributed by atoms with Crippen LogP contribution < -0.4 is 5.32 Å². The molecule has 0 amide bonds. The summed E-state index contributed by atoms with van der Waals surface area (Å²) in [6.07, 6.45) is 7.93. The maximum Gasteiger partial charge on any atom is 0.0707 e. The van der Waals surface area contributed by atoms with Crippen molar-refractivity contribution >= 4 is 0 Å². The molecule has 3 heteroatoms. The van der Waals surface area contributed by atoms with E-state index in [2.05, 4.69) is 17.1 Å². The number of likely N-dealkylation sites (N-methyl/N-ethyl adjacent to an activating group) is 1. The third-order valence-corrected chi connectivity index (χ3v) is 5.08. The lowest BCUT2D eigenvalue weighted by molar-refractivity contribution is 0.0265. The van der Waals surface area contributed by atoms with E-state index in [9.17, 15) is 0 Å². The number of nitrogens with zero attached hydrogens (tertiary/aromatic N) is 1. The summed E-state index contributed by atoms with van der Waals surface area (Å²) in [5.41, 5.74) is 0. The molecule has 1 saturated carbocycles. The molecule has 0 aromatic carbocycles. The van der Waals surface area contributed by atoms with Crippen molar-refractivity contribution in [3.05, 3.63) is 0 Å². The maximum atomic E-state index is 6.14. The van der Waals surface area contributed by atoms with E-state index in [0.29, 0.717) is 12.2 Å². The van der Waals surface area contributed by atoms with Crippen LogP contribution in [0.1, 0.15) is 39.0 Å². The minimum Gasteiger partial charge on any atom is -0.372 e. The molecule has 4 unspecified atom stereocenters. The molecule has 0 spiro atoms. The number of fused-ring (bicyclic) bond motifs is 1. The van der Waals surface area contributed by atoms with Gasteiger partial charge in [0, 0.05) is 26.2 Å². The minimum absolute atomic E-state index is 0.469. The van der Waals surface area contributed by atoms with E-state index >= 15 is 0 Å². The molecule has 3 nitrogen and oxygen atoms in total. The average Bonchev–Trinajstić information content (AvgIpc) is 3.02. The lowest BCUT2D eigenvalue weighted by Gasteiger charge is -2.21. The lowest BCUT2D eigenvalue weighted by Crippen LogP contribution is -2.33. The number of ether oxygens (including phenoxy) is 1. The van der Waals surface area contributed by atoms with E-state index in [1.165, 1.54) is 51.7 Å². The summed E-state index contributed by atoms with van der Waals surface area (Å²) in [5.74, 6) is 2.04. The Balaban J connectivity index is 1.39. The number of hydrogen-bond donors (Lipinski definition) is 1. The third-order valence-electron chi connectivity index (χ3n) is 5.08. The van der Waals surface area contributed by atoms with Gasteiger partial charge in [0.25, 0.3) is 0 Å². The third kappa shape index (κ3) is 2.89. The molecule has 3 fully saturated rings. The molecular weight excluding hydrogens is 224 g/mol. The summed E-state index contributed by atoms with van der Waals surface area (Å²) in [6, 6.07) is 0. The fourth-order valence-electron chi connectivity index (χ4n) is 4.14. The minimum atomic E-state index is 0.469. The highest BCUT2D eigenvalue weighted by molar-refractivity contribution is 4.90. The summed E-state index contributed by atoms with van der Waals surface area (Å²) in [5, 5.41) is 3.40. The van der Waals surface area contributed by atoms with Gasteiger partial charge in [0.15, 0.2) is 0 Å². The average molecular weight is 252 g/mol. The zero-order valence-corrected chi connectivity index (χ0v) is 11.7. The van der Waals surface area contributed by atoms with Gasteiger partial charge in [-0.2, -0.15) is 0 Å². The molecule has 2 aliphatic heterocycles. The Kier molecular flexibility index (Phi) is 4.22. The van der Waals surface area contributed by atoms with Crippen molar-refractivity contribution < 1.29 is 4.74 Å². The van der Waals surface area contributed by atoms with Gasteiger partial charge in [-0.15, -0.1) is 0 Å². The predicted octanol–water partition coefficient (Wildman–Crippen LogP) is 1.88. The molecule has 0 aromatic rings. The van der Waals surface area contributed by atoms with Gasteiger partial charge in [-0.25, -0.2) is 0 Å². The highest BCUT2D eigenvalue weighted by Crippen LogP contribution is 2.38. The van der Waals surface area contributed by atoms with Crippen LogP contribution in [0.25, 0.3) is 0 Å². The van der Waals surface area contributed by atoms with E-state index < -0.39 is 0 Å². The van der Waals surface area contributed by atoms with E-state index in [-0.39, 0.29) is 0 Å². The second-order valence-corrected chi connectivity index (χ2v) is 6.43. The summed E-state index contributed by atoms with van der Waals surface area (Å²) < 4.78 is 6.14. The molecule has 0 bridgehead atoms. The first kappa shape index (κ1) is 12.9. The Morgan fingerprint density at radius 3 is 2.50 bits per heavy atom. The van der Waals surface area contributed by atoms with Gasteiger partial charge in [0.2, 0.25) is 0 Å². The molecule has 2 saturated heterocycles. The highest BCUT2D eigenvalue weighted by Gasteiger charge is 2.37. The standard InChI is InChI=1S/C15H28N2O/c1-2-16-8-14-6-7-15(18-14)11-17-9-12-4-3-5-13(12)10-17/h12-16H,2-11H2,1H3. The van der Waals surface area contributed by atoms with Gasteiger partial charge in [0.1, 0.15) is 0 Å². The molecule has 3 aliphatic rings. The molecule has 104 valence electrons. The Labute approximate surface area is 111 Å². The molecule has 0 radical (unpaired) electrons. The van der Waals surface area contributed by atoms with Crippen LogP contribution in [0.15, 0.2) is 0 Å². The van der Waals surface area contributed by atoms with Crippen molar-refractivity contribution in [1.29, 1.82) is 0 Å². The summed E-state index contributed by atoms with van der Waals surface area (Å²) in [4.78, 5) is 2.68. The monoisotopic (exact) mass is 252 g/mol. The second kappa shape index (κ2) is 5.89. The van der Waals surface area contributed by atoms with Crippen LogP contribution in [0.3, 0.4) is 0 Å². The molecule has 18 heavy (non-hydrogen) atoms. The number of rotatable bonds is 5. The molecule has 3 rings (SSSR count). The molecule has 1 N–H and O–H groups in total. The van der Waals surface area contributed by atoms with Gasteiger partial charge < -0.3 is 15.0 Å². The number of nitrogens with one attached hydrogen (secondary N) is 1. The second-order valence-electron chi connectivity index (χ2n) is 6.43. The summed E-state index contributed by atoms with van der Waals surface area (Å²) >= 11 is 0. The van der Waals surface area contributed by atoms with Crippen molar-refractivity contribution in [2.45, 2.75) is 51.2 Å². The van der Waals surface area contributed by atoms with Crippen molar-refractivity contribution in [2.24, 2.45) is 11.8 Å². The van der Waals surface area contributed by atoms with E-state index in [4.69, 9.17) is 4.74 Å². The largest absolute Gasteiger partial charge is 0.372 e. The van der Waals surface area contributed by atoms with Gasteiger partial charge in [0.05, 0.1) is 12.2 Å². The van der Waals surface area contributed by atoms with Crippen molar-refractivity contribution in [2.75, 3.05) is 32.7 Å². The molecule has 1 aliphatic carbocycles. The molecule has 0 aromatic heterocycles. The molecular formula is C15H28N2O. The first-order valence-electron chi connectivity index (χ1n) is 7.93. The van der Waals surface area contributed by atoms with Gasteiger partial charge in [-0.05, 0) is 44.1 Å². The van der Waals surface area contributed by atoms with Crippen molar-refractivity contribution in [1.82, 2.24) is 10.2 Å². The first-order chi connectivity index (χ1) is 8.85. The van der Waals surface area contributed by atoms with Crippen LogP contribution in [-0.2, 0) is 4.74 Å². The summed E-state index contributed by atoms with van der Waals surface area (Å²) in [7, 11) is 0. The lowest BCUT2D eigenvalue weighted by atomic mass is 10.0. The molecule has 4 atom stereocenters. The Hall–Kier alpha value is -0.120. The maximum absolute atomic E-state index is 6.14. The van der Waals surface area contributed by atoms with E-state index in [1.54, 1.807) is 0 Å². The van der Waals surface area contributed by atoms with Crippen LogP contribution in [0.4, 0.5) is 0 Å². The van der Waals surface area contributed by atoms with Crippen molar-refractivity contribution in [3.63, 3.8) is 0 Å². The fraction of sp³-hybridized carbons (Fsp3) is 1.00. The topological polar surface area (TPSA) is 24.5 Å². The SMILES string of the molecule is CCNCC1CCC(CN2CC3CCCC3C2)O1. The Morgan fingerprint density at radius 1 is 1.06 bits per heavy atom. The Morgan fingerprint density at radius 2 is 1.78 bits per heavy atom. The molecule has 2 heterocycles. The predicted molar refractivity (Wildman–Crippen MR) is 73.7 cm³/mol. The number of hydrogen-bond acceptors (Lipinski definition) is 3. The van der Waals surface area contributed by atoms with Crippen LogP contribution in [0.2, 0.25) is 0 Å². The highest BCUT2D eigenvalue weighted by atomic mass is 16.5. The quantitative estimate of drug-likeness (QED) is 0.808. The fourth-order valence-corrected chi connectivity index (χ4v) is 4.14. The van der Waals surface area contributed by atoms with E-state index in [0.717, 1.165) is 24.9 Å². The summed E-state index contributed by atoms with van der Waals surface area (Å²) in [6.45, 7) is 8.15. The van der Waals surface area contributed by atoms with Crippen LogP contribution in [0, 0.1) is 11.8 Å². The van der Waals surface area contributed by atoms with Gasteiger partial charge in [-0.3, -0.25) is 0 Å². The van der Waals surface area contributed by atoms with Crippen LogP contribution >= 0.6 is 0 Å². The van der Waals surface area contributed by atoms with Crippen molar-refractivity contribution in [3.8, 4) is 0 Å². The smallest absolute Gasteiger partial charge is 0.0707 e. The normalized spacial score (nSPS) is 40.5. The van der Waals surface area contributed by atoms with Crippen LogP contribution in [0.5, 0.6) is 0 Å². The van der Waals surface area contributed by atoms with E-state index in [1.807, 2.05) is 0 Å². The van der Waals surface area contributed by atoms with Gasteiger partial charge in [-0.1, -0.05) is 13.3 Å². The Bertz CT molecular complexity index is 259. The van der Waals surface area contributed by atoms with Gasteiger partial charge >= 0.3 is 0 Å². The van der Waals surface area contributed by atoms with Crippen LogP contribution in [-0.4, -0.2) is 49.8 Å². The first-order valence-corrected chi connectivity index (χ1v) is 7.93. The number of likely N-dealkylation sites (tertiary alicyclic amines) is 1.